The van der Waals surface area contributed by atoms with Crippen molar-refractivity contribution >= 4 is 11.7 Å². The number of carboxylic acids is 1. The average Bonchev–Trinajstić information content (AvgIpc) is 3.04. The monoisotopic (exact) mass is 343 g/mol. The number of hydrogen-bond acceptors (Lipinski definition) is 3. The molecule has 132 valence electrons. The number of nitrogens with zero attached hydrogens (tertiary/aromatic N) is 1. The van der Waals surface area contributed by atoms with Crippen LogP contribution in [0.5, 0.6) is 5.75 Å². The van der Waals surface area contributed by atoms with Gasteiger partial charge in [-0.25, -0.2) is 4.39 Å². The molecule has 4 nitrogen and oxygen atoms in total. The van der Waals surface area contributed by atoms with Gasteiger partial charge in [0.25, 0.3) is 0 Å². The Bertz CT molecular complexity index is 745. The molecule has 1 saturated heterocycles. The van der Waals surface area contributed by atoms with Crippen LogP contribution in [0.25, 0.3) is 0 Å². The lowest BCUT2D eigenvalue weighted by molar-refractivity contribution is -0.137. The lowest BCUT2D eigenvalue weighted by Crippen LogP contribution is -2.31. The van der Waals surface area contributed by atoms with Crippen molar-refractivity contribution in [3.05, 3.63) is 59.4 Å². The molecular weight excluding hydrogens is 321 g/mol. The summed E-state index contributed by atoms with van der Waals surface area (Å²) in [6.07, 6.45) is 2.06. The van der Waals surface area contributed by atoms with Crippen molar-refractivity contribution in [2.45, 2.75) is 38.8 Å². The van der Waals surface area contributed by atoms with Crippen molar-refractivity contribution < 1.29 is 19.0 Å². The van der Waals surface area contributed by atoms with Crippen LogP contribution >= 0.6 is 0 Å². The van der Waals surface area contributed by atoms with E-state index in [0.29, 0.717) is 16.9 Å². The number of carbonyl (C=O) groups is 1. The summed E-state index contributed by atoms with van der Waals surface area (Å²) >= 11 is 0. The van der Waals surface area contributed by atoms with E-state index in [1.807, 2.05) is 30.3 Å². The Morgan fingerprint density at radius 2 is 2.04 bits per heavy atom. The lowest BCUT2D eigenvalue weighted by atomic mass is 10.1. The Morgan fingerprint density at radius 3 is 2.76 bits per heavy atom. The number of aliphatic carboxylic acids is 1. The van der Waals surface area contributed by atoms with Crippen LogP contribution in [0, 0.1) is 12.7 Å². The second-order valence-corrected chi connectivity index (χ2v) is 6.42. The SMILES string of the molecule is Cc1cccc(COc2ccc(N3CCCC3CC(=O)O)cc2)c1F. The molecule has 0 bridgehead atoms. The summed E-state index contributed by atoms with van der Waals surface area (Å²) in [6.45, 7) is 2.78. The van der Waals surface area contributed by atoms with Crippen LogP contribution in [0.1, 0.15) is 30.4 Å². The summed E-state index contributed by atoms with van der Waals surface area (Å²) in [4.78, 5) is 13.1. The van der Waals surface area contributed by atoms with Gasteiger partial charge in [-0.05, 0) is 49.6 Å². The van der Waals surface area contributed by atoms with Crippen molar-refractivity contribution in [2.24, 2.45) is 0 Å². The highest BCUT2D eigenvalue weighted by Crippen LogP contribution is 2.29. The van der Waals surface area contributed by atoms with E-state index in [1.165, 1.54) is 0 Å². The zero-order valence-corrected chi connectivity index (χ0v) is 14.2. The molecule has 1 fully saturated rings. The first-order valence-corrected chi connectivity index (χ1v) is 8.50. The van der Waals surface area contributed by atoms with Gasteiger partial charge in [0, 0.05) is 23.8 Å². The second kappa shape index (κ2) is 7.55. The van der Waals surface area contributed by atoms with E-state index < -0.39 is 5.97 Å². The first kappa shape index (κ1) is 17.3. The molecule has 1 heterocycles. The Hall–Kier alpha value is -2.56. The molecule has 0 saturated carbocycles. The zero-order valence-electron chi connectivity index (χ0n) is 14.2. The van der Waals surface area contributed by atoms with Crippen LogP contribution in [0.15, 0.2) is 42.5 Å². The van der Waals surface area contributed by atoms with E-state index in [0.717, 1.165) is 25.1 Å². The maximum atomic E-state index is 14.0. The molecule has 0 aromatic heterocycles. The molecule has 0 amide bonds. The van der Waals surface area contributed by atoms with Gasteiger partial charge in [0.1, 0.15) is 18.2 Å². The quantitative estimate of drug-likeness (QED) is 0.856. The Morgan fingerprint density at radius 1 is 1.28 bits per heavy atom. The summed E-state index contributed by atoms with van der Waals surface area (Å²) in [5.74, 6) is -0.330. The molecule has 3 rings (SSSR count). The van der Waals surface area contributed by atoms with Gasteiger partial charge in [-0.2, -0.15) is 0 Å². The molecule has 0 aliphatic carbocycles. The molecule has 5 heteroatoms. The molecule has 2 aromatic rings. The molecule has 1 aliphatic rings. The van der Waals surface area contributed by atoms with E-state index >= 15 is 0 Å². The molecule has 2 aromatic carbocycles. The number of benzene rings is 2. The fourth-order valence-electron chi connectivity index (χ4n) is 3.30. The third kappa shape index (κ3) is 4.10. The van der Waals surface area contributed by atoms with E-state index in [4.69, 9.17) is 9.84 Å². The molecule has 0 radical (unpaired) electrons. The minimum absolute atomic E-state index is 0.0469. The van der Waals surface area contributed by atoms with Gasteiger partial charge in [0.15, 0.2) is 0 Å². The highest BCUT2D eigenvalue weighted by atomic mass is 19.1. The standard InChI is InChI=1S/C20H22FNO3/c1-14-4-2-5-15(20(14)21)13-25-18-9-7-16(8-10-18)22-11-3-6-17(22)12-19(23)24/h2,4-5,7-10,17H,3,6,11-13H2,1H3,(H,23,24). The van der Waals surface area contributed by atoms with Gasteiger partial charge >= 0.3 is 5.97 Å². The van der Waals surface area contributed by atoms with Gasteiger partial charge in [-0.3, -0.25) is 4.79 Å². The summed E-state index contributed by atoms with van der Waals surface area (Å²) in [6, 6.07) is 12.9. The van der Waals surface area contributed by atoms with Crippen molar-refractivity contribution in [3.8, 4) is 5.75 Å². The fourth-order valence-corrected chi connectivity index (χ4v) is 3.30. The molecular formula is C20H22FNO3. The predicted octanol–water partition coefficient (Wildman–Crippen LogP) is 4.16. The first-order valence-electron chi connectivity index (χ1n) is 8.50. The topological polar surface area (TPSA) is 49.8 Å². The van der Waals surface area contributed by atoms with Crippen molar-refractivity contribution in [3.63, 3.8) is 0 Å². The molecule has 25 heavy (non-hydrogen) atoms. The van der Waals surface area contributed by atoms with Crippen molar-refractivity contribution in [2.75, 3.05) is 11.4 Å². The number of aryl methyl sites for hydroxylation is 1. The van der Waals surface area contributed by atoms with Crippen LogP contribution in [0.3, 0.4) is 0 Å². The number of ether oxygens (including phenoxy) is 1. The Kier molecular flexibility index (Phi) is 5.22. The van der Waals surface area contributed by atoms with Gasteiger partial charge in [-0.1, -0.05) is 18.2 Å². The zero-order chi connectivity index (χ0) is 17.8. The third-order valence-electron chi connectivity index (χ3n) is 4.62. The number of halogens is 1. The molecule has 1 N–H and O–H groups in total. The van der Waals surface area contributed by atoms with Crippen LogP contribution in [-0.2, 0) is 11.4 Å². The van der Waals surface area contributed by atoms with Gasteiger partial charge in [0.2, 0.25) is 0 Å². The third-order valence-corrected chi connectivity index (χ3v) is 4.62. The molecule has 1 aliphatic heterocycles. The molecule has 1 unspecified atom stereocenters. The number of carboxylic acid groups (broad SMARTS) is 1. The van der Waals surface area contributed by atoms with Crippen LogP contribution in [0.2, 0.25) is 0 Å². The van der Waals surface area contributed by atoms with Gasteiger partial charge < -0.3 is 14.7 Å². The van der Waals surface area contributed by atoms with Gasteiger partial charge in [0.05, 0.1) is 6.42 Å². The highest BCUT2D eigenvalue weighted by molar-refractivity contribution is 5.69. The van der Waals surface area contributed by atoms with E-state index in [2.05, 4.69) is 4.90 Å². The fraction of sp³-hybridized carbons (Fsp3) is 0.350. The second-order valence-electron chi connectivity index (χ2n) is 6.42. The van der Waals surface area contributed by atoms with Crippen LogP contribution in [0.4, 0.5) is 10.1 Å². The van der Waals surface area contributed by atoms with E-state index in [-0.39, 0.29) is 24.9 Å². The van der Waals surface area contributed by atoms with Crippen LogP contribution < -0.4 is 9.64 Å². The van der Waals surface area contributed by atoms with E-state index in [1.54, 1.807) is 19.1 Å². The first-order chi connectivity index (χ1) is 12.0. The lowest BCUT2D eigenvalue weighted by Gasteiger charge is -2.25. The van der Waals surface area contributed by atoms with E-state index in [9.17, 15) is 9.18 Å². The number of rotatable bonds is 6. The average molecular weight is 343 g/mol. The largest absolute Gasteiger partial charge is 0.489 e. The Labute approximate surface area is 146 Å². The van der Waals surface area contributed by atoms with Gasteiger partial charge in [-0.15, -0.1) is 0 Å². The minimum Gasteiger partial charge on any atom is -0.489 e. The maximum absolute atomic E-state index is 14.0. The van der Waals surface area contributed by atoms with Crippen molar-refractivity contribution in [1.29, 1.82) is 0 Å². The smallest absolute Gasteiger partial charge is 0.305 e. The van der Waals surface area contributed by atoms with Crippen LogP contribution in [-0.4, -0.2) is 23.7 Å². The highest BCUT2D eigenvalue weighted by Gasteiger charge is 2.26. The molecule has 0 spiro atoms. The molecule has 1 atom stereocenters. The normalized spacial score (nSPS) is 16.9. The maximum Gasteiger partial charge on any atom is 0.305 e. The van der Waals surface area contributed by atoms with Crippen molar-refractivity contribution in [1.82, 2.24) is 0 Å². The summed E-state index contributed by atoms with van der Waals surface area (Å²) in [5, 5.41) is 9.03. The number of hydrogen-bond donors (Lipinski definition) is 1. The minimum atomic E-state index is -0.767. The predicted molar refractivity (Wildman–Crippen MR) is 94.5 cm³/mol. The summed E-state index contributed by atoms with van der Waals surface area (Å²) < 4.78 is 19.7. The Balaban J connectivity index is 1.64. The number of anilines is 1. The summed E-state index contributed by atoms with van der Waals surface area (Å²) in [7, 11) is 0. The summed E-state index contributed by atoms with van der Waals surface area (Å²) in [5.41, 5.74) is 2.14.